The topological polar surface area (TPSA) is 103 Å². The minimum atomic E-state index is -1.12. The van der Waals surface area contributed by atoms with Gasteiger partial charge in [0, 0.05) is 21.8 Å². The van der Waals surface area contributed by atoms with Crippen LogP contribution in [-0.2, 0) is 4.79 Å². The summed E-state index contributed by atoms with van der Waals surface area (Å²) in [4.78, 5) is 23.4. The maximum atomic E-state index is 12.3. The number of benzene rings is 2. The van der Waals surface area contributed by atoms with Crippen molar-refractivity contribution in [1.29, 1.82) is 5.26 Å². The number of nitrogens with one attached hydrogen (secondary N) is 1. The van der Waals surface area contributed by atoms with Gasteiger partial charge in [0.2, 0.25) is 0 Å². The van der Waals surface area contributed by atoms with Gasteiger partial charge in [-0.25, -0.2) is 4.79 Å². The third kappa shape index (κ3) is 4.93. The van der Waals surface area contributed by atoms with E-state index in [1.807, 2.05) is 6.07 Å². The van der Waals surface area contributed by atoms with Crippen LogP contribution in [0.4, 0.5) is 5.69 Å². The lowest BCUT2D eigenvalue weighted by Crippen LogP contribution is -2.13. The van der Waals surface area contributed by atoms with Crippen molar-refractivity contribution in [1.82, 2.24) is 0 Å². The molecule has 6 nitrogen and oxygen atoms in total. The first kappa shape index (κ1) is 20.4. The molecule has 3 aromatic rings. The molecule has 0 radical (unpaired) electrons. The summed E-state index contributed by atoms with van der Waals surface area (Å²) in [7, 11) is 0. The van der Waals surface area contributed by atoms with E-state index >= 15 is 0 Å². The predicted octanol–water partition coefficient (Wildman–Crippen LogP) is 5.61. The summed E-state index contributed by atoms with van der Waals surface area (Å²) in [6.45, 7) is 0. The first-order valence-corrected chi connectivity index (χ1v) is 9.36. The van der Waals surface area contributed by atoms with Gasteiger partial charge < -0.3 is 14.8 Å². The SMILES string of the molecule is N#C/C(=C\c1ccc(-c2ccc(C(=O)O)c(Cl)c2)o1)C(=O)Nc1ccc(Br)cc1. The Hall–Kier alpha value is -3.34. The average Bonchev–Trinajstić information content (AvgIpc) is 3.16. The Morgan fingerprint density at radius 1 is 1.14 bits per heavy atom. The number of hydrogen-bond donors (Lipinski definition) is 2. The second kappa shape index (κ2) is 8.78. The van der Waals surface area contributed by atoms with Crippen LogP contribution in [0.5, 0.6) is 0 Å². The van der Waals surface area contributed by atoms with Crippen molar-refractivity contribution in [3.63, 3.8) is 0 Å². The van der Waals surface area contributed by atoms with E-state index in [4.69, 9.17) is 21.1 Å². The van der Waals surface area contributed by atoms with Crippen molar-refractivity contribution in [3.05, 3.63) is 81.0 Å². The van der Waals surface area contributed by atoms with Crippen molar-refractivity contribution in [2.75, 3.05) is 5.32 Å². The quantitative estimate of drug-likeness (QED) is 0.372. The van der Waals surface area contributed by atoms with Crippen molar-refractivity contribution >= 4 is 51.2 Å². The summed E-state index contributed by atoms with van der Waals surface area (Å²) >= 11 is 9.29. The number of aromatic carboxylic acids is 1. The van der Waals surface area contributed by atoms with Gasteiger partial charge in [0.25, 0.3) is 5.91 Å². The maximum absolute atomic E-state index is 12.3. The number of carboxylic acid groups (broad SMARTS) is 1. The molecule has 144 valence electrons. The lowest BCUT2D eigenvalue weighted by molar-refractivity contribution is -0.112. The van der Waals surface area contributed by atoms with Crippen LogP contribution in [0.2, 0.25) is 5.02 Å². The van der Waals surface area contributed by atoms with Gasteiger partial charge in [-0.15, -0.1) is 0 Å². The largest absolute Gasteiger partial charge is 0.478 e. The van der Waals surface area contributed by atoms with Gasteiger partial charge in [0.05, 0.1) is 10.6 Å². The molecule has 3 rings (SSSR count). The van der Waals surface area contributed by atoms with Crippen LogP contribution in [0, 0.1) is 11.3 Å². The van der Waals surface area contributed by atoms with E-state index < -0.39 is 11.9 Å². The zero-order valence-corrected chi connectivity index (χ0v) is 17.0. The van der Waals surface area contributed by atoms with E-state index in [-0.39, 0.29) is 16.2 Å². The van der Waals surface area contributed by atoms with E-state index in [2.05, 4.69) is 21.2 Å². The number of anilines is 1. The molecule has 0 aliphatic rings. The van der Waals surface area contributed by atoms with Gasteiger partial charge in [0.15, 0.2) is 0 Å². The number of amides is 1. The van der Waals surface area contributed by atoms with E-state index in [0.29, 0.717) is 22.8 Å². The fourth-order valence-corrected chi connectivity index (χ4v) is 2.98. The number of carbonyl (C=O) groups is 2. The van der Waals surface area contributed by atoms with Crippen molar-refractivity contribution in [3.8, 4) is 17.4 Å². The van der Waals surface area contributed by atoms with Crippen molar-refractivity contribution < 1.29 is 19.1 Å². The molecule has 1 amide bonds. The van der Waals surface area contributed by atoms with Crippen LogP contribution >= 0.6 is 27.5 Å². The molecule has 0 unspecified atom stereocenters. The van der Waals surface area contributed by atoms with Crippen molar-refractivity contribution in [2.24, 2.45) is 0 Å². The molecule has 0 aliphatic carbocycles. The normalized spacial score (nSPS) is 11.0. The molecule has 0 spiro atoms. The van der Waals surface area contributed by atoms with Crippen LogP contribution in [0.1, 0.15) is 16.1 Å². The highest BCUT2D eigenvalue weighted by atomic mass is 79.9. The van der Waals surface area contributed by atoms with Gasteiger partial charge in [-0.2, -0.15) is 5.26 Å². The van der Waals surface area contributed by atoms with Gasteiger partial charge in [0.1, 0.15) is 23.2 Å². The molecule has 2 N–H and O–H groups in total. The Bertz CT molecular complexity index is 1160. The lowest BCUT2D eigenvalue weighted by atomic mass is 10.1. The molecule has 0 bridgehead atoms. The molecule has 1 heterocycles. The minimum absolute atomic E-state index is 0.0153. The number of nitrogens with zero attached hydrogens (tertiary/aromatic N) is 1. The molecule has 1 aromatic heterocycles. The lowest BCUT2D eigenvalue weighted by Gasteiger charge is -2.04. The summed E-state index contributed by atoms with van der Waals surface area (Å²) in [5.41, 5.74) is 0.969. The highest BCUT2D eigenvalue weighted by Gasteiger charge is 2.13. The average molecular weight is 472 g/mol. The minimum Gasteiger partial charge on any atom is -0.478 e. The highest BCUT2D eigenvalue weighted by Crippen LogP contribution is 2.28. The number of nitriles is 1. The van der Waals surface area contributed by atoms with E-state index in [0.717, 1.165) is 4.47 Å². The van der Waals surface area contributed by atoms with E-state index in [9.17, 15) is 14.9 Å². The number of furan rings is 1. The first-order valence-electron chi connectivity index (χ1n) is 8.19. The third-order valence-corrected chi connectivity index (χ3v) is 4.71. The summed E-state index contributed by atoms with van der Waals surface area (Å²) in [6, 6.07) is 16.4. The molecule has 2 aromatic carbocycles. The zero-order chi connectivity index (χ0) is 21.0. The van der Waals surface area contributed by atoms with E-state index in [1.54, 1.807) is 42.5 Å². The molecule has 0 saturated heterocycles. The van der Waals surface area contributed by atoms with Crippen LogP contribution in [0.25, 0.3) is 17.4 Å². The van der Waals surface area contributed by atoms with E-state index in [1.165, 1.54) is 18.2 Å². The van der Waals surface area contributed by atoms with Gasteiger partial charge >= 0.3 is 5.97 Å². The van der Waals surface area contributed by atoms with Crippen LogP contribution in [-0.4, -0.2) is 17.0 Å². The number of halogens is 2. The predicted molar refractivity (Wildman–Crippen MR) is 112 cm³/mol. The fraction of sp³-hybridized carbons (Fsp3) is 0. The molecule has 0 atom stereocenters. The molecule has 0 saturated carbocycles. The molecule has 0 fully saturated rings. The second-order valence-electron chi connectivity index (χ2n) is 5.83. The standard InChI is InChI=1S/C21H12BrClN2O4/c22-14-2-4-15(5-3-14)25-20(26)13(11-24)9-16-6-8-19(29-16)12-1-7-17(21(27)28)18(23)10-12/h1-10H,(H,25,26)(H,27,28)/b13-9+. The Morgan fingerprint density at radius 3 is 2.48 bits per heavy atom. The fourth-order valence-electron chi connectivity index (χ4n) is 2.45. The molecule has 8 heteroatoms. The van der Waals surface area contributed by atoms with Gasteiger partial charge in [-0.05, 0) is 48.5 Å². The molecular weight excluding hydrogens is 460 g/mol. The summed E-state index contributed by atoms with van der Waals surface area (Å²) < 4.78 is 6.52. The first-order chi connectivity index (χ1) is 13.9. The van der Waals surface area contributed by atoms with Crippen LogP contribution < -0.4 is 5.32 Å². The summed E-state index contributed by atoms with van der Waals surface area (Å²) in [5.74, 6) is -0.983. The Balaban J connectivity index is 1.81. The van der Waals surface area contributed by atoms with Gasteiger partial charge in [-0.1, -0.05) is 33.6 Å². The number of rotatable bonds is 5. The second-order valence-corrected chi connectivity index (χ2v) is 7.16. The third-order valence-electron chi connectivity index (χ3n) is 3.86. The summed E-state index contributed by atoms with van der Waals surface area (Å²) in [5, 5.41) is 21.1. The number of carbonyl (C=O) groups excluding carboxylic acids is 1. The van der Waals surface area contributed by atoms with Gasteiger partial charge in [-0.3, -0.25) is 4.79 Å². The Labute approximate surface area is 179 Å². The number of carboxylic acids is 1. The molecular formula is C21H12BrClN2O4. The Morgan fingerprint density at radius 2 is 1.86 bits per heavy atom. The van der Waals surface area contributed by atoms with Crippen molar-refractivity contribution in [2.45, 2.75) is 0 Å². The smallest absolute Gasteiger partial charge is 0.337 e. The maximum Gasteiger partial charge on any atom is 0.337 e. The zero-order valence-electron chi connectivity index (χ0n) is 14.6. The summed E-state index contributed by atoms with van der Waals surface area (Å²) in [6.07, 6.45) is 1.32. The number of hydrogen-bond acceptors (Lipinski definition) is 4. The molecule has 29 heavy (non-hydrogen) atoms. The monoisotopic (exact) mass is 470 g/mol. The van der Waals surface area contributed by atoms with Crippen LogP contribution in [0.3, 0.4) is 0 Å². The molecule has 0 aliphatic heterocycles. The van der Waals surface area contributed by atoms with Crippen LogP contribution in [0.15, 0.2) is 69.1 Å². The Kier molecular flexibility index (Phi) is 6.17. The highest BCUT2D eigenvalue weighted by molar-refractivity contribution is 9.10.